The maximum absolute atomic E-state index is 14.4. The summed E-state index contributed by atoms with van der Waals surface area (Å²) in [6.45, 7) is 0.334. The fraction of sp³-hybridized carbons (Fsp3) is 0.200. The molecular formula is C15H13FN4O5. The number of hydrogen-bond acceptors (Lipinski definition) is 5. The van der Waals surface area contributed by atoms with E-state index in [0.717, 1.165) is 16.9 Å². The number of rotatable bonds is 6. The van der Waals surface area contributed by atoms with E-state index in [4.69, 9.17) is 9.84 Å². The van der Waals surface area contributed by atoms with Crippen LogP contribution >= 0.6 is 0 Å². The number of hydrogen-bond donors (Lipinski definition) is 2. The number of amides is 2. The van der Waals surface area contributed by atoms with Crippen molar-refractivity contribution in [2.45, 2.75) is 6.10 Å². The maximum Gasteiger partial charge on any atom is 0.414 e. The second-order valence-corrected chi connectivity index (χ2v) is 5.26. The fourth-order valence-electron chi connectivity index (χ4n) is 2.43. The smallest absolute Gasteiger partial charge is 0.414 e. The van der Waals surface area contributed by atoms with Crippen LogP contribution in [0.4, 0.5) is 14.9 Å². The molecule has 1 aliphatic heterocycles. The molecule has 1 aromatic carbocycles. The van der Waals surface area contributed by atoms with E-state index < -0.39 is 24.0 Å². The minimum atomic E-state index is -1.17. The van der Waals surface area contributed by atoms with Gasteiger partial charge in [-0.25, -0.2) is 18.7 Å². The van der Waals surface area contributed by atoms with Crippen molar-refractivity contribution in [3.63, 3.8) is 0 Å². The molecule has 10 heteroatoms. The Morgan fingerprint density at radius 3 is 2.96 bits per heavy atom. The van der Waals surface area contributed by atoms with Crippen molar-refractivity contribution >= 4 is 24.2 Å². The normalized spacial score (nSPS) is 16.6. The molecule has 2 heterocycles. The molecule has 0 bridgehead atoms. The van der Waals surface area contributed by atoms with E-state index in [1.807, 2.05) is 0 Å². The highest BCUT2D eigenvalue weighted by Gasteiger charge is 2.32. The maximum atomic E-state index is 14.4. The summed E-state index contributed by atoms with van der Waals surface area (Å²) < 4.78 is 20.6. The van der Waals surface area contributed by atoms with Gasteiger partial charge in [-0.15, -0.1) is 0 Å². The number of cyclic esters (lactones) is 1. The molecule has 3 rings (SSSR count). The number of aromatic nitrogens is 2. The summed E-state index contributed by atoms with van der Waals surface area (Å²) in [6, 6.07) is 4.01. The van der Waals surface area contributed by atoms with Gasteiger partial charge in [-0.2, -0.15) is 5.10 Å². The lowest BCUT2D eigenvalue weighted by Gasteiger charge is -2.14. The lowest BCUT2D eigenvalue weighted by atomic mass is 10.2. The average molecular weight is 348 g/mol. The molecule has 1 aliphatic rings. The quantitative estimate of drug-likeness (QED) is 0.746. The van der Waals surface area contributed by atoms with Crippen LogP contribution in [0.2, 0.25) is 0 Å². The van der Waals surface area contributed by atoms with E-state index in [-0.39, 0.29) is 30.0 Å². The summed E-state index contributed by atoms with van der Waals surface area (Å²) in [5.41, 5.74) is 0.255. The molecule has 0 unspecified atom stereocenters. The highest BCUT2D eigenvalue weighted by molar-refractivity contribution is 5.90. The van der Waals surface area contributed by atoms with Crippen LogP contribution in [0.1, 0.15) is 10.4 Å². The Labute approximate surface area is 140 Å². The Morgan fingerprint density at radius 1 is 1.52 bits per heavy atom. The van der Waals surface area contributed by atoms with Gasteiger partial charge >= 0.3 is 12.1 Å². The van der Waals surface area contributed by atoms with Crippen molar-refractivity contribution in [3.05, 3.63) is 42.0 Å². The largest absolute Gasteiger partial charge is 0.478 e. The highest BCUT2D eigenvalue weighted by atomic mass is 19.1. The third kappa shape index (κ3) is 3.27. The van der Waals surface area contributed by atoms with Gasteiger partial charge in [0.05, 0.1) is 30.5 Å². The first kappa shape index (κ1) is 16.4. The predicted molar refractivity (Wildman–Crippen MR) is 82.2 cm³/mol. The predicted octanol–water partition coefficient (Wildman–Crippen LogP) is 0.781. The third-order valence-electron chi connectivity index (χ3n) is 3.62. The van der Waals surface area contributed by atoms with Crippen LogP contribution in [0.3, 0.4) is 0 Å². The minimum Gasteiger partial charge on any atom is -0.478 e. The van der Waals surface area contributed by atoms with Crippen molar-refractivity contribution < 1.29 is 28.6 Å². The summed E-state index contributed by atoms with van der Waals surface area (Å²) in [6.07, 6.45) is 1.63. The number of anilines is 1. The molecule has 25 heavy (non-hydrogen) atoms. The molecule has 0 radical (unpaired) electrons. The number of nitrogens with zero attached hydrogens (tertiary/aromatic N) is 3. The molecule has 1 atom stereocenters. The van der Waals surface area contributed by atoms with E-state index in [1.165, 1.54) is 23.2 Å². The van der Waals surface area contributed by atoms with Gasteiger partial charge in [0.1, 0.15) is 11.8 Å². The Balaban J connectivity index is 1.81. The average Bonchev–Trinajstić information content (AvgIpc) is 3.20. The van der Waals surface area contributed by atoms with Gasteiger partial charge in [0.25, 0.3) is 0 Å². The summed E-state index contributed by atoms with van der Waals surface area (Å²) in [7, 11) is 0. The zero-order chi connectivity index (χ0) is 18.0. The van der Waals surface area contributed by atoms with Crippen LogP contribution in [0, 0.1) is 5.82 Å². The van der Waals surface area contributed by atoms with Gasteiger partial charge in [-0.1, -0.05) is 0 Å². The molecule has 0 aliphatic carbocycles. The first-order valence-electron chi connectivity index (χ1n) is 7.22. The Morgan fingerprint density at radius 2 is 2.32 bits per heavy atom. The van der Waals surface area contributed by atoms with E-state index in [2.05, 4.69) is 10.4 Å². The zero-order valence-electron chi connectivity index (χ0n) is 12.8. The zero-order valence-corrected chi connectivity index (χ0v) is 12.8. The number of aromatic carboxylic acids is 1. The van der Waals surface area contributed by atoms with Crippen LogP contribution < -0.4 is 10.2 Å². The lowest BCUT2D eigenvalue weighted by Crippen LogP contribution is -2.30. The van der Waals surface area contributed by atoms with Crippen molar-refractivity contribution in [2.75, 3.05) is 18.0 Å². The van der Waals surface area contributed by atoms with Crippen LogP contribution in [0.25, 0.3) is 5.69 Å². The molecule has 1 aromatic heterocycles. The van der Waals surface area contributed by atoms with Crippen LogP contribution in [0.15, 0.2) is 30.6 Å². The van der Waals surface area contributed by atoms with Gasteiger partial charge in [0.2, 0.25) is 6.41 Å². The van der Waals surface area contributed by atoms with Crippen LogP contribution in [-0.2, 0) is 9.53 Å². The van der Waals surface area contributed by atoms with Crippen molar-refractivity contribution in [3.8, 4) is 5.69 Å². The number of halogens is 1. The molecule has 2 aromatic rings. The number of carboxylic acids is 1. The number of nitrogens with one attached hydrogen (secondary N) is 1. The summed E-state index contributed by atoms with van der Waals surface area (Å²) in [4.78, 5) is 34.3. The molecule has 0 spiro atoms. The molecule has 2 amide bonds. The van der Waals surface area contributed by atoms with Crippen molar-refractivity contribution in [2.24, 2.45) is 0 Å². The SMILES string of the molecule is O=CNC[C@H]1CN(c2ccc(-n3cc(C(=O)O)cn3)c(F)c2)C(=O)O1. The van der Waals surface area contributed by atoms with E-state index in [0.29, 0.717) is 6.41 Å². The van der Waals surface area contributed by atoms with E-state index in [1.54, 1.807) is 0 Å². The second-order valence-electron chi connectivity index (χ2n) is 5.26. The van der Waals surface area contributed by atoms with Crippen molar-refractivity contribution in [1.82, 2.24) is 15.1 Å². The molecule has 1 saturated heterocycles. The first-order chi connectivity index (χ1) is 12.0. The summed E-state index contributed by atoms with van der Waals surface area (Å²) in [5, 5.41) is 15.1. The van der Waals surface area contributed by atoms with Gasteiger partial charge in [-0.05, 0) is 18.2 Å². The molecule has 1 fully saturated rings. The third-order valence-corrected chi connectivity index (χ3v) is 3.62. The number of carboxylic acid groups (broad SMARTS) is 1. The van der Waals surface area contributed by atoms with E-state index in [9.17, 15) is 18.8 Å². The molecule has 9 nitrogen and oxygen atoms in total. The van der Waals surface area contributed by atoms with Crippen molar-refractivity contribution in [1.29, 1.82) is 0 Å². The number of ether oxygens (including phenoxy) is 1. The van der Waals surface area contributed by atoms with E-state index >= 15 is 0 Å². The second kappa shape index (κ2) is 6.59. The topological polar surface area (TPSA) is 114 Å². The number of carbonyl (C=O) groups excluding carboxylic acids is 2. The molecular weight excluding hydrogens is 335 g/mol. The number of benzene rings is 1. The fourth-order valence-corrected chi connectivity index (χ4v) is 2.43. The van der Waals surface area contributed by atoms with Gasteiger partial charge < -0.3 is 15.2 Å². The summed E-state index contributed by atoms with van der Waals surface area (Å²) >= 11 is 0. The van der Waals surface area contributed by atoms with Gasteiger partial charge in [0, 0.05) is 6.20 Å². The lowest BCUT2D eigenvalue weighted by molar-refractivity contribution is -0.109. The molecule has 2 N–H and O–H groups in total. The minimum absolute atomic E-state index is 0.0444. The Bertz CT molecular complexity index is 837. The highest BCUT2D eigenvalue weighted by Crippen LogP contribution is 2.25. The number of carbonyl (C=O) groups is 3. The van der Waals surface area contributed by atoms with Gasteiger partial charge in [0.15, 0.2) is 5.82 Å². The first-order valence-corrected chi connectivity index (χ1v) is 7.22. The monoisotopic (exact) mass is 348 g/mol. The standard InChI is InChI=1S/C15H13FN4O5/c16-12-3-10(19-7-11(5-17-8-21)25-15(19)24)1-2-13(12)20-6-9(4-18-20)14(22)23/h1-4,6,8,11H,5,7H2,(H,17,21)(H,22,23)/t11-/m0/s1. The molecule has 130 valence electrons. The van der Waals surface area contributed by atoms with Crippen LogP contribution in [0.5, 0.6) is 0 Å². The Hall–Kier alpha value is -3.43. The van der Waals surface area contributed by atoms with Crippen LogP contribution in [-0.4, -0.2) is 52.6 Å². The Kier molecular flexibility index (Phi) is 4.33. The summed E-state index contributed by atoms with van der Waals surface area (Å²) in [5.74, 6) is -1.85. The molecule has 0 saturated carbocycles. The van der Waals surface area contributed by atoms with Gasteiger partial charge in [-0.3, -0.25) is 9.69 Å².